The van der Waals surface area contributed by atoms with Gasteiger partial charge in [0.05, 0.1) is 0 Å². The number of nitrogens with one attached hydrogen (secondary N) is 2. The molecule has 0 saturated heterocycles. The van der Waals surface area contributed by atoms with Gasteiger partial charge in [0.25, 0.3) is 5.56 Å². The van der Waals surface area contributed by atoms with Gasteiger partial charge in [0.2, 0.25) is 0 Å². The van der Waals surface area contributed by atoms with Gasteiger partial charge in [-0.25, -0.2) is 4.98 Å². The van der Waals surface area contributed by atoms with E-state index >= 15 is 0 Å². The predicted octanol–water partition coefficient (Wildman–Crippen LogP) is 2.74. The molecule has 1 aromatic rings. The first-order valence-corrected chi connectivity index (χ1v) is 6.85. The summed E-state index contributed by atoms with van der Waals surface area (Å²) < 4.78 is 0. The third kappa shape index (κ3) is 2.74. The Balaban J connectivity index is 2.17. The molecule has 1 heterocycles. The summed E-state index contributed by atoms with van der Waals surface area (Å²) in [6, 6.07) is 2.00. The number of anilines is 1. The molecule has 3 atom stereocenters. The third-order valence-electron chi connectivity index (χ3n) is 4.11. The van der Waals surface area contributed by atoms with E-state index in [0.29, 0.717) is 17.8 Å². The van der Waals surface area contributed by atoms with E-state index in [1.54, 1.807) is 6.07 Å². The lowest BCUT2D eigenvalue weighted by molar-refractivity contribution is 0.435. The van der Waals surface area contributed by atoms with Gasteiger partial charge in [-0.05, 0) is 24.7 Å². The van der Waals surface area contributed by atoms with E-state index < -0.39 is 0 Å². The van der Waals surface area contributed by atoms with Crippen molar-refractivity contribution in [2.45, 2.75) is 52.5 Å². The normalized spacial score (nSPS) is 27.7. The highest BCUT2D eigenvalue weighted by atomic mass is 16.1. The van der Waals surface area contributed by atoms with Crippen molar-refractivity contribution >= 4 is 5.82 Å². The first kappa shape index (κ1) is 13.1. The minimum absolute atomic E-state index is 0.0742. The molecule has 100 valence electrons. The summed E-state index contributed by atoms with van der Waals surface area (Å²) >= 11 is 0. The molecule has 1 aromatic heterocycles. The Kier molecular flexibility index (Phi) is 3.73. The van der Waals surface area contributed by atoms with Crippen LogP contribution in [0.5, 0.6) is 0 Å². The second-order valence-corrected chi connectivity index (χ2v) is 5.84. The molecule has 0 radical (unpaired) electrons. The van der Waals surface area contributed by atoms with E-state index in [9.17, 15) is 4.79 Å². The van der Waals surface area contributed by atoms with Crippen LogP contribution in [0.2, 0.25) is 0 Å². The molecule has 1 aliphatic rings. The van der Waals surface area contributed by atoms with Crippen LogP contribution in [0.25, 0.3) is 0 Å². The van der Waals surface area contributed by atoms with Crippen molar-refractivity contribution in [3.05, 3.63) is 22.2 Å². The van der Waals surface area contributed by atoms with Crippen LogP contribution in [-0.2, 0) is 0 Å². The molecule has 1 fully saturated rings. The fourth-order valence-corrected chi connectivity index (χ4v) is 2.58. The number of nitrogens with zero attached hydrogens (tertiary/aromatic N) is 1. The zero-order chi connectivity index (χ0) is 13.3. The number of hydrogen-bond acceptors (Lipinski definition) is 3. The number of rotatable bonds is 3. The number of aromatic nitrogens is 2. The fraction of sp³-hybridized carbons (Fsp3) is 0.714. The van der Waals surface area contributed by atoms with Crippen LogP contribution in [0.1, 0.15) is 52.3 Å². The third-order valence-corrected chi connectivity index (χ3v) is 4.11. The number of H-pyrrole nitrogens is 1. The summed E-state index contributed by atoms with van der Waals surface area (Å²) in [6.45, 7) is 8.62. The van der Waals surface area contributed by atoms with Gasteiger partial charge >= 0.3 is 0 Å². The molecule has 0 spiro atoms. The van der Waals surface area contributed by atoms with E-state index in [0.717, 1.165) is 18.2 Å². The Morgan fingerprint density at radius 1 is 1.39 bits per heavy atom. The summed E-state index contributed by atoms with van der Waals surface area (Å²) in [5, 5.41) is 3.43. The zero-order valence-electron chi connectivity index (χ0n) is 11.7. The molecule has 2 N–H and O–H groups in total. The van der Waals surface area contributed by atoms with Crippen molar-refractivity contribution in [1.29, 1.82) is 0 Å². The molecule has 0 bridgehead atoms. The van der Waals surface area contributed by atoms with Crippen LogP contribution in [0.4, 0.5) is 5.82 Å². The molecule has 1 aliphatic carbocycles. The maximum atomic E-state index is 11.6. The Morgan fingerprint density at radius 2 is 2.11 bits per heavy atom. The molecule has 0 amide bonds. The lowest BCUT2D eigenvalue weighted by Gasteiger charge is -2.20. The Hall–Kier alpha value is -1.32. The number of hydrogen-bond donors (Lipinski definition) is 2. The van der Waals surface area contributed by atoms with Crippen LogP contribution in [0, 0.1) is 11.8 Å². The highest BCUT2D eigenvalue weighted by molar-refractivity contribution is 5.35. The van der Waals surface area contributed by atoms with Gasteiger partial charge < -0.3 is 10.3 Å². The smallest absolute Gasteiger partial charge is 0.252 e. The van der Waals surface area contributed by atoms with Crippen molar-refractivity contribution < 1.29 is 0 Å². The molecule has 4 nitrogen and oxygen atoms in total. The molecule has 1 saturated carbocycles. The molecule has 0 aliphatic heterocycles. The van der Waals surface area contributed by atoms with Crippen LogP contribution in [-0.4, -0.2) is 16.0 Å². The molecular weight excluding hydrogens is 226 g/mol. The van der Waals surface area contributed by atoms with E-state index in [4.69, 9.17) is 0 Å². The average Bonchev–Trinajstić information content (AvgIpc) is 2.60. The topological polar surface area (TPSA) is 57.8 Å². The van der Waals surface area contributed by atoms with Crippen molar-refractivity contribution in [1.82, 2.24) is 9.97 Å². The molecule has 4 heteroatoms. The maximum absolute atomic E-state index is 11.6. The SMILES string of the molecule is CC(C)c1nc(NC2CCC(C)C2C)cc(=O)[nH]1. The highest BCUT2D eigenvalue weighted by Gasteiger charge is 2.29. The standard InChI is InChI=1S/C14H23N3O/c1-8(2)14-16-12(7-13(18)17-14)15-11-6-5-9(3)10(11)4/h7-11H,5-6H2,1-4H3,(H2,15,16,17,18). The summed E-state index contributed by atoms with van der Waals surface area (Å²) in [7, 11) is 0. The fourth-order valence-electron chi connectivity index (χ4n) is 2.58. The minimum Gasteiger partial charge on any atom is -0.367 e. The largest absolute Gasteiger partial charge is 0.367 e. The van der Waals surface area contributed by atoms with Crippen molar-refractivity contribution in [2.75, 3.05) is 5.32 Å². The lowest BCUT2D eigenvalue weighted by atomic mass is 9.98. The van der Waals surface area contributed by atoms with Crippen molar-refractivity contribution in [2.24, 2.45) is 11.8 Å². The summed E-state index contributed by atoms with van der Waals surface area (Å²) in [4.78, 5) is 18.9. The second-order valence-electron chi connectivity index (χ2n) is 5.84. The van der Waals surface area contributed by atoms with E-state index in [-0.39, 0.29) is 11.5 Å². The monoisotopic (exact) mass is 249 g/mol. The van der Waals surface area contributed by atoms with E-state index in [1.807, 2.05) is 13.8 Å². The van der Waals surface area contributed by atoms with Crippen molar-refractivity contribution in [3.8, 4) is 0 Å². The molecular formula is C14H23N3O. The zero-order valence-corrected chi connectivity index (χ0v) is 11.7. The second kappa shape index (κ2) is 5.12. The highest BCUT2D eigenvalue weighted by Crippen LogP contribution is 2.32. The van der Waals surface area contributed by atoms with Crippen molar-refractivity contribution in [3.63, 3.8) is 0 Å². The van der Waals surface area contributed by atoms with Gasteiger partial charge in [-0.3, -0.25) is 4.79 Å². The Morgan fingerprint density at radius 3 is 2.67 bits per heavy atom. The number of aromatic amines is 1. The summed E-state index contributed by atoms with van der Waals surface area (Å²) in [5.41, 5.74) is -0.0742. The predicted molar refractivity (Wildman–Crippen MR) is 73.9 cm³/mol. The van der Waals surface area contributed by atoms with Crippen LogP contribution in [0.3, 0.4) is 0 Å². The van der Waals surface area contributed by atoms with Gasteiger partial charge in [0.1, 0.15) is 11.6 Å². The lowest BCUT2D eigenvalue weighted by Crippen LogP contribution is -2.26. The Bertz CT molecular complexity index is 466. The minimum atomic E-state index is -0.0742. The summed E-state index contributed by atoms with van der Waals surface area (Å²) in [6.07, 6.45) is 2.41. The first-order chi connectivity index (χ1) is 8.47. The molecule has 0 aromatic carbocycles. The first-order valence-electron chi connectivity index (χ1n) is 6.85. The van der Waals surface area contributed by atoms with Gasteiger partial charge in [0, 0.05) is 18.0 Å². The molecule has 3 unspecified atom stereocenters. The average molecular weight is 249 g/mol. The maximum Gasteiger partial charge on any atom is 0.252 e. The van der Waals surface area contributed by atoms with Gasteiger partial charge in [-0.1, -0.05) is 27.7 Å². The Labute approximate surface area is 108 Å². The van der Waals surface area contributed by atoms with Gasteiger partial charge in [-0.15, -0.1) is 0 Å². The van der Waals surface area contributed by atoms with E-state index in [2.05, 4.69) is 29.1 Å². The van der Waals surface area contributed by atoms with Gasteiger partial charge in [-0.2, -0.15) is 0 Å². The van der Waals surface area contributed by atoms with E-state index in [1.165, 1.54) is 6.42 Å². The molecule has 18 heavy (non-hydrogen) atoms. The van der Waals surface area contributed by atoms with Crippen LogP contribution in [0.15, 0.2) is 10.9 Å². The quantitative estimate of drug-likeness (QED) is 0.866. The van der Waals surface area contributed by atoms with Crippen LogP contribution < -0.4 is 10.9 Å². The van der Waals surface area contributed by atoms with Crippen LogP contribution >= 0.6 is 0 Å². The molecule has 2 rings (SSSR count). The van der Waals surface area contributed by atoms with Gasteiger partial charge in [0.15, 0.2) is 0 Å². The summed E-state index contributed by atoms with van der Waals surface area (Å²) in [5.74, 6) is 3.08.